The Kier molecular flexibility index (Phi) is 2.00. The highest BCUT2D eigenvalue weighted by Gasteiger charge is 2.07. The molecule has 0 saturated heterocycles. The van der Waals surface area contributed by atoms with Crippen molar-refractivity contribution in [2.75, 3.05) is 0 Å². The van der Waals surface area contributed by atoms with Gasteiger partial charge in [0.25, 0.3) is 6.29 Å². The molecule has 13 heavy (non-hydrogen) atoms. The second kappa shape index (κ2) is 3.17. The molecule has 0 saturated carbocycles. The Morgan fingerprint density at radius 1 is 0.846 bits per heavy atom. The highest BCUT2D eigenvalue weighted by Crippen LogP contribution is 2.21. The molecule has 0 aromatic heterocycles. The molecule has 0 bridgehead atoms. The lowest BCUT2D eigenvalue weighted by molar-refractivity contribution is 0.111. The number of hydrogen-bond acceptors (Lipinski definition) is 2. The predicted molar refractivity (Wildman–Crippen MR) is 50.2 cm³/mol. The minimum absolute atomic E-state index is 0.470. The Bertz CT molecular complexity index is 416. The van der Waals surface area contributed by atoms with Crippen LogP contribution in [-0.2, 0) is 0 Å². The Morgan fingerprint density at radius 2 is 1.54 bits per heavy atom. The van der Waals surface area contributed by atoms with Crippen molar-refractivity contribution in [1.82, 2.24) is 0 Å². The van der Waals surface area contributed by atoms with Gasteiger partial charge in [-0.25, -0.2) is 0 Å². The molecule has 0 amide bonds. The zero-order valence-electron chi connectivity index (χ0n) is 6.94. The van der Waals surface area contributed by atoms with Crippen molar-refractivity contribution in [3.8, 4) is 0 Å². The first-order valence-corrected chi connectivity index (χ1v) is 4.02. The first-order valence-electron chi connectivity index (χ1n) is 4.02. The quantitative estimate of drug-likeness (QED) is 0.695. The third kappa shape index (κ3) is 1.41. The summed E-state index contributed by atoms with van der Waals surface area (Å²) in [4.78, 5) is 0. The average Bonchev–Trinajstić information content (AvgIpc) is 2.17. The fourth-order valence-electron chi connectivity index (χ4n) is 1.42. The van der Waals surface area contributed by atoms with Gasteiger partial charge in [0, 0.05) is 5.56 Å². The van der Waals surface area contributed by atoms with Gasteiger partial charge in [-0.3, -0.25) is 0 Å². The molecule has 0 fully saturated rings. The smallest absolute Gasteiger partial charge is 0.251 e. The molecule has 2 aromatic carbocycles. The van der Waals surface area contributed by atoms with Crippen LogP contribution in [0.25, 0.3) is 10.8 Å². The van der Waals surface area contributed by atoms with Gasteiger partial charge in [-0.1, -0.05) is 42.5 Å². The second-order valence-electron chi connectivity index (χ2n) is 2.85. The molecule has 0 atom stereocenters. The molecule has 0 aliphatic rings. The maximum Gasteiger partial charge on any atom is 0.251 e. The van der Waals surface area contributed by atoms with Crippen LogP contribution in [-0.4, -0.2) is 10.2 Å². The summed E-state index contributed by atoms with van der Waals surface area (Å²) in [6, 6.07) is 13.0. The topological polar surface area (TPSA) is 40.5 Å². The Hall–Kier alpha value is -1.38. The van der Waals surface area contributed by atoms with Crippen LogP contribution in [0.3, 0.4) is 0 Å². The average molecular weight is 173 g/mol. The van der Waals surface area contributed by atoms with E-state index in [4.69, 9.17) is 10.2 Å². The molecule has 65 valence electrons. The fraction of sp³-hybridized carbons (Fsp3) is 0. The Balaban J connectivity index is 2.76. The van der Waals surface area contributed by atoms with Crippen LogP contribution in [0.5, 0.6) is 0 Å². The van der Waals surface area contributed by atoms with E-state index < -0.39 is 6.29 Å². The monoisotopic (exact) mass is 173 g/mol. The highest BCUT2D eigenvalue weighted by molar-refractivity contribution is 5.86. The van der Waals surface area contributed by atoms with E-state index in [9.17, 15) is 0 Å². The van der Waals surface area contributed by atoms with Crippen molar-refractivity contribution in [2.24, 2.45) is 0 Å². The molecular formula is C11H9O2. The summed E-state index contributed by atoms with van der Waals surface area (Å²) in [5.74, 6) is 0. The summed E-state index contributed by atoms with van der Waals surface area (Å²) in [6.45, 7) is 0. The van der Waals surface area contributed by atoms with Gasteiger partial charge in [0.15, 0.2) is 0 Å². The van der Waals surface area contributed by atoms with E-state index >= 15 is 0 Å². The molecule has 2 heteroatoms. The van der Waals surface area contributed by atoms with Gasteiger partial charge in [0.2, 0.25) is 0 Å². The number of hydrogen-bond donors (Lipinski definition) is 2. The van der Waals surface area contributed by atoms with Crippen molar-refractivity contribution in [2.45, 2.75) is 0 Å². The summed E-state index contributed by atoms with van der Waals surface area (Å²) < 4.78 is 0. The van der Waals surface area contributed by atoms with E-state index in [1.165, 1.54) is 0 Å². The van der Waals surface area contributed by atoms with E-state index in [-0.39, 0.29) is 0 Å². The first-order chi connectivity index (χ1) is 6.29. The molecule has 0 spiro atoms. The van der Waals surface area contributed by atoms with Crippen molar-refractivity contribution < 1.29 is 10.2 Å². The van der Waals surface area contributed by atoms with E-state index in [1.54, 1.807) is 12.1 Å². The molecule has 2 N–H and O–H groups in total. The van der Waals surface area contributed by atoms with Crippen LogP contribution < -0.4 is 0 Å². The molecule has 2 nitrogen and oxygen atoms in total. The minimum Gasteiger partial charge on any atom is -0.357 e. The second-order valence-corrected chi connectivity index (χ2v) is 2.85. The largest absolute Gasteiger partial charge is 0.357 e. The van der Waals surface area contributed by atoms with Crippen LogP contribution in [0.1, 0.15) is 5.56 Å². The van der Waals surface area contributed by atoms with Crippen LogP contribution in [0.2, 0.25) is 0 Å². The van der Waals surface area contributed by atoms with Gasteiger partial charge < -0.3 is 10.2 Å². The molecule has 0 heterocycles. The third-order valence-corrected chi connectivity index (χ3v) is 2.03. The third-order valence-electron chi connectivity index (χ3n) is 2.03. The predicted octanol–water partition coefficient (Wildman–Crippen LogP) is 2.42. The van der Waals surface area contributed by atoms with Gasteiger partial charge in [0.05, 0.1) is 0 Å². The van der Waals surface area contributed by atoms with Crippen molar-refractivity contribution in [3.63, 3.8) is 0 Å². The van der Waals surface area contributed by atoms with E-state index in [2.05, 4.69) is 0 Å². The fourth-order valence-corrected chi connectivity index (χ4v) is 1.42. The standard InChI is InChI=1S/C11H9O2/c12-11(13)10-7-3-5-8-4-1-2-6-9(8)10/h1-7,12-13H. The molecule has 0 aliphatic carbocycles. The summed E-state index contributed by atoms with van der Waals surface area (Å²) in [6.07, 6.45) is -0.628. The van der Waals surface area contributed by atoms with Gasteiger partial charge in [-0.2, -0.15) is 0 Å². The number of aliphatic hydroxyl groups excluding tert-OH is 1. The molecule has 0 unspecified atom stereocenters. The van der Waals surface area contributed by atoms with Crippen molar-refractivity contribution in [3.05, 3.63) is 54.3 Å². The number of fused-ring (bicyclic) bond motifs is 1. The lowest BCUT2D eigenvalue weighted by atomic mass is 10.0. The van der Waals surface area contributed by atoms with Crippen LogP contribution in [0, 0.1) is 6.29 Å². The van der Waals surface area contributed by atoms with Crippen LogP contribution in [0.15, 0.2) is 42.5 Å². The van der Waals surface area contributed by atoms with Crippen LogP contribution in [0.4, 0.5) is 0 Å². The lowest BCUT2D eigenvalue weighted by Gasteiger charge is -2.05. The van der Waals surface area contributed by atoms with E-state index in [0.29, 0.717) is 5.56 Å². The van der Waals surface area contributed by atoms with E-state index in [0.717, 1.165) is 10.8 Å². The Morgan fingerprint density at radius 3 is 2.31 bits per heavy atom. The van der Waals surface area contributed by atoms with Gasteiger partial charge in [-0.05, 0) is 10.8 Å². The minimum atomic E-state index is -0.628. The highest BCUT2D eigenvalue weighted by atomic mass is 16.5. The molecular weight excluding hydrogens is 164 g/mol. The summed E-state index contributed by atoms with van der Waals surface area (Å²) in [7, 11) is 0. The number of rotatable bonds is 1. The summed E-state index contributed by atoms with van der Waals surface area (Å²) in [5.41, 5.74) is 0.470. The van der Waals surface area contributed by atoms with Crippen molar-refractivity contribution >= 4 is 10.8 Å². The van der Waals surface area contributed by atoms with E-state index in [1.807, 2.05) is 30.3 Å². The van der Waals surface area contributed by atoms with Gasteiger partial charge >= 0.3 is 0 Å². The normalized spacial score (nSPS) is 11.0. The first kappa shape index (κ1) is 8.23. The van der Waals surface area contributed by atoms with Gasteiger partial charge in [-0.15, -0.1) is 0 Å². The molecule has 2 aromatic rings. The molecule has 0 aliphatic heterocycles. The SMILES string of the molecule is O[C](O)c1cccc2ccccc12. The summed E-state index contributed by atoms with van der Waals surface area (Å²) >= 11 is 0. The maximum absolute atomic E-state index is 8.99. The zero-order chi connectivity index (χ0) is 9.26. The zero-order valence-corrected chi connectivity index (χ0v) is 6.94. The lowest BCUT2D eigenvalue weighted by Crippen LogP contribution is -1.96. The maximum atomic E-state index is 8.99. The molecule has 2 rings (SSSR count). The Labute approximate surface area is 76.1 Å². The summed E-state index contributed by atoms with van der Waals surface area (Å²) in [5, 5.41) is 19.8. The van der Waals surface area contributed by atoms with Crippen LogP contribution >= 0.6 is 0 Å². The number of aliphatic hydroxyl groups is 2. The number of benzene rings is 2. The molecule has 1 radical (unpaired) electrons. The van der Waals surface area contributed by atoms with Gasteiger partial charge in [0.1, 0.15) is 0 Å². The van der Waals surface area contributed by atoms with Crippen molar-refractivity contribution in [1.29, 1.82) is 0 Å².